The number of fused-ring (bicyclic) bond motifs is 1. The van der Waals surface area contributed by atoms with Crippen LogP contribution < -0.4 is 4.74 Å². The van der Waals surface area contributed by atoms with Crippen molar-refractivity contribution in [2.45, 2.75) is 39.3 Å². The van der Waals surface area contributed by atoms with Gasteiger partial charge in [0.2, 0.25) is 0 Å². The van der Waals surface area contributed by atoms with Crippen molar-refractivity contribution in [3.8, 4) is 5.75 Å². The van der Waals surface area contributed by atoms with Crippen LogP contribution in [0, 0.1) is 6.92 Å². The summed E-state index contributed by atoms with van der Waals surface area (Å²) in [5, 5.41) is 0. The van der Waals surface area contributed by atoms with Crippen LogP contribution in [0.3, 0.4) is 0 Å². The van der Waals surface area contributed by atoms with Gasteiger partial charge >= 0.3 is 0 Å². The highest BCUT2D eigenvalue weighted by Crippen LogP contribution is 2.30. The number of likely N-dealkylation sites (tertiary alicyclic amines) is 1. The molecule has 22 heavy (non-hydrogen) atoms. The van der Waals surface area contributed by atoms with E-state index in [1.54, 1.807) is 13.4 Å². The summed E-state index contributed by atoms with van der Waals surface area (Å²) in [5.74, 6) is 0.934. The lowest BCUT2D eigenvalue weighted by Gasteiger charge is -2.32. The second-order valence-electron chi connectivity index (χ2n) is 5.93. The highest BCUT2D eigenvalue weighted by molar-refractivity contribution is 5.84. The molecule has 1 saturated heterocycles. The van der Waals surface area contributed by atoms with E-state index in [1.165, 1.54) is 11.1 Å². The molecule has 0 amide bonds. The molecule has 0 spiro atoms. The molecule has 1 aromatic carbocycles. The van der Waals surface area contributed by atoms with Crippen LogP contribution in [0.15, 0.2) is 12.4 Å². The highest BCUT2D eigenvalue weighted by Gasteiger charge is 2.22. The van der Waals surface area contributed by atoms with Crippen molar-refractivity contribution in [2.24, 2.45) is 0 Å². The van der Waals surface area contributed by atoms with Gasteiger partial charge < -0.3 is 14.5 Å². The number of aromatic nitrogens is 2. The topological polar surface area (TPSA) is 50.4 Å². The molecule has 120 valence electrons. The van der Waals surface area contributed by atoms with Crippen LogP contribution in [0.25, 0.3) is 11.0 Å². The number of aromatic amines is 1. The van der Waals surface area contributed by atoms with Gasteiger partial charge in [-0.3, -0.25) is 4.90 Å². The number of rotatable bonds is 5. The zero-order valence-electron chi connectivity index (χ0n) is 13.7. The third-order valence-electron chi connectivity index (χ3n) is 4.50. The summed E-state index contributed by atoms with van der Waals surface area (Å²) >= 11 is 0. The Morgan fingerprint density at radius 2 is 2.14 bits per heavy atom. The van der Waals surface area contributed by atoms with Crippen molar-refractivity contribution in [1.82, 2.24) is 14.9 Å². The van der Waals surface area contributed by atoms with Gasteiger partial charge in [-0.1, -0.05) is 0 Å². The predicted molar refractivity (Wildman–Crippen MR) is 87.3 cm³/mol. The molecule has 0 radical (unpaired) electrons. The third-order valence-corrected chi connectivity index (χ3v) is 4.50. The van der Waals surface area contributed by atoms with Crippen molar-refractivity contribution in [1.29, 1.82) is 0 Å². The average Bonchev–Trinajstić information content (AvgIpc) is 3.02. The number of H-pyrrole nitrogens is 1. The molecule has 3 rings (SSSR count). The standard InChI is InChI=1S/C17H25N3O2/c1-4-22-13-5-7-20(8-6-13)10-14-15(21-3)9-12(2)16-17(14)19-11-18-16/h9,11,13H,4-8,10H2,1-3H3,(H,18,19). The van der Waals surface area contributed by atoms with Crippen molar-refractivity contribution in [2.75, 3.05) is 26.8 Å². The first-order chi connectivity index (χ1) is 10.7. The van der Waals surface area contributed by atoms with E-state index >= 15 is 0 Å². The number of hydrogen-bond acceptors (Lipinski definition) is 4. The molecular formula is C17H25N3O2. The molecular weight excluding hydrogens is 278 g/mol. The lowest BCUT2D eigenvalue weighted by molar-refractivity contribution is 0.0125. The Labute approximate surface area is 131 Å². The number of methoxy groups -OCH3 is 1. The molecule has 5 nitrogen and oxygen atoms in total. The minimum absolute atomic E-state index is 0.423. The second-order valence-corrected chi connectivity index (χ2v) is 5.93. The Balaban J connectivity index is 1.79. The normalized spacial score (nSPS) is 17.2. The summed E-state index contributed by atoms with van der Waals surface area (Å²) in [5.41, 5.74) is 4.49. The molecule has 0 unspecified atom stereocenters. The smallest absolute Gasteiger partial charge is 0.125 e. The number of aryl methyl sites for hydroxylation is 1. The number of piperidine rings is 1. The van der Waals surface area contributed by atoms with Crippen LogP contribution in [0.1, 0.15) is 30.9 Å². The zero-order valence-corrected chi connectivity index (χ0v) is 13.7. The Bertz CT molecular complexity index is 630. The third kappa shape index (κ3) is 2.96. The van der Waals surface area contributed by atoms with Gasteiger partial charge in [0.1, 0.15) is 5.75 Å². The average molecular weight is 303 g/mol. The molecule has 0 aliphatic carbocycles. The van der Waals surface area contributed by atoms with Gasteiger partial charge in [-0.2, -0.15) is 0 Å². The fourth-order valence-corrected chi connectivity index (χ4v) is 3.32. The molecule has 1 aliphatic rings. The van der Waals surface area contributed by atoms with E-state index in [-0.39, 0.29) is 0 Å². The van der Waals surface area contributed by atoms with Gasteiger partial charge in [-0.15, -0.1) is 0 Å². The van der Waals surface area contributed by atoms with Gasteiger partial charge in [0, 0.05) is 31.8 Å². The molecule has 0 atom stereocenters. The van der Waals surface area contributed by atoms with Crippen LogP contribution in [0.2, 0.25) is 0 Å². The first-order valence-electron chi connectivity index (χ1n) is 8.06. The summed E-state index contributed by atoms with van der Waals surface area (Å²) in [6.45, 7) is 7.97. The fourth-order valence-electron chi connectivity index (χ4n) is 3.32. The number of nitrogens with zero attached hydrogens (tertiary/aromatic N) is 2. The predicted octanol–water partition coefficient (Wildman–Crippen LogP) is 2.88. The van der Waals surface area contributed by atoms with Crippen LogP contribution in [0.5, 0.6) is 5.75 Å². The molecule has 0 saturated carbocycles. The highest BCUT2D eigenvalue weighted by atomic mass is 16.5. The maximum atomic E-state index is 5.73. The van der Waals surface area contributed by atoms with Gasteiger partial charge in [-0.25, -0.2) is 4.98 Å². The molecule has 0 bridgehead atoms. The summed E-state index contributed by atoms with van der Waals surface area (Å²) in [6, 6.07) is 2.10. The SMILES string of the molecule is CCOC1CCN(Cc2c(OC)cc(C)c3[nH]cnc23)CC1. The molecule has 2 aromatic rings. The lowest BCUT2D eigenvalue weighted by atomic mass is 10.0. The van der Waals surface area contributed by atoms with E-state index in [4.69, 9.17) is 9.47 Å². The van der Waals surface area contributed by atoms with Gasteiger partial charge in [0.15, 0.2) is 0 Å². The fraction of sp³-hybridized carbons (Fsp3) is 0.588. The van der Waals surface area contributed by atoms with E-state index in [9.17, 15) is 0 Å². The first kappa shape index (κ1) is 15.3. The zero-order chi connectivity index (χ0) is 15.5. The van der Waals surface area contributed by atoms with Crippen LogP contribution in [-0.4, -0.2) is 47.8 Å². The van der Waals surface area contributed by atoms with Crippen LogP contribution in [0.4, 0.5) is 0 Å². The molecule has 1 aliphatic heterocycles. The van der Waals surface area contributed by atoms with Crippen LogP contribution >= 0.6 is 0 Å². The van der Waals surface area contributed by atoms with E-state index in [2.05, 4.69) is 34.8 Å². The number of imidazole rings is 1. The number of hydrogen-bond donors (Lipinski definition) is 1. The molecule has 1 aromatic heterocycles. The summed E-state index contributed by atoms with van der Waals surface area (Å²) in [4.78, 5) is 10.2. The maximum Gasteiger partial charge on any atom is 0.125 e. The Morgan fingerprint density at radius 1 is 1.36 bits per heavy atom. The van der Waals surface area contributed by atoms with Gasteiger partial charge in [0.05, 0.1) is 30.6 Å². The van der Waals surface area contributed by atoms with Gasteiger partial charge in [-0.05, 0) is 38.3 Å². The molecule has 1 N–H and O–H groups in total. The molecule has 2 heterocycles. The molecule has 1 fully saturated rings. The monoisotopic (exact) mass is 303 g/mol. The summed E-state index contributed by atoms with van der Waals surface area (Å²) < 4.78 is 11.3. The summed E-state index contributed by atoms with van der Waals surface area (Å²) in [7, 11) is 1.73. The summed E-state index contributed by atoms with van der Waals surface area (Å²) in [6.07, 6.45) is 4.39. The maximum absolute atomic E-state index is 5.73. The molecule has 5 heteroatoms. The van der Waals surface area contributed by atoms with E-state index in [0.717, 1.165) is 55.9 Å². The number of ether oxygens (including phenoxy) is 2. The van der Waals surface area contributed by atoms with Crippen molar-refractivity contribution in [3.63, 3.8) is 0 Å². The quantitative estimate of drug-likeness (QED) is 0.923. The van der Waals surface area contributed by atoms with E-state index in [0.29, 0.717) is 6.10 Å². The Morgan fingerprint density at radius 3 is 2.82 bits per heavy atom. The lowest BCUT2D eigenvalue weighted by Crippen LogP contribution is -2.36. The van der Waals surface area contributed by atoms with Crippen molar-refractivity contribution < 1.29 is 9.47 Å². The minimum atomic E-state index is 0.423. The minimum Gasteiger partial charge on any atom is -0.496 e. The second kappa shape index (κ2) is 6.67. The van der Waals surface area contributed by atoms with Crippen molar-refractivity contribution >= 4 is 11.0 Å². The van der Waals surface area contributed by atoms with Crippen LogP contribution in [-0.2, 0) is 11.3 Å². The Kier molecular flexibility index (Phi) is 4.64. The first-order valence-corrected chi connectivity index (χ1v) is 8.06. The Hall–Kier alpha value is -1.59. The van der Waals surface area contributed by atoms with E-state index in [1.807, 2.05) is 0 Å². The largest absolute Gasteiger partial charge is 0.496 e. The van der Waals surface area contributed by atoms with Gasteiger partial charge in [0.25, 0.3) is 0 Å². The van der Waals surface area contributed by atoms with E-state index < -0.39 is 0 Å². The number of benzene rings is 1. The number of nitrogens with one attached hydrogen (secondary N) is 1. The van der Waals surface area contributed by atoms with Crippen molar-refractivity contribution in [3.05, 3.63) is 23.5 Å².